The molecule has 2 N–H and O–H groups in total. The van der Waals surface area contributed by atoms with E-state index in [1.807, 2.05) is 36.4 Å². The van der Waals surface area contributed by atoms with Gasteiger partial charge in [-0.3, -0.25) is 9.59 Å². The van der Waals surface area contributed by atoms with Crippen molar-refractivity contribution >= 4 is 18.0 Å². The molecule has 1 heterocycles. The van der Waals surface area contributed by atoms with E-state index in [2.05, 4.69) is 17.4 Å². The third-order valence-corrected chi connectivity index (χ3v) is 7.90. The zero-order valence-electron chi connectivity index (χ0n) is 19.8. The van der Waals surface area contributed by atoms with Crippen molar-refractivity contribution < 1.29 is 24.2 Å². The van der Waals surface area contributed by atoms with E-state index in [9.17, 15) is 19.5 Å². The number of piperidine rings is 1. The first-order valence-electron chi connectivity index (χ1n) is 12.6. The zero-order valence-corrected chi connectivity index (χ0v) is 19.8. The number of rotatable bonds is 7. The molecule has 2 fully saturated rings. The van der Waals surface area contributed by atoms with Crippen LogP contribution >= 0.6 is 0 Å². The van der Waals surface area contributed by atoms with Gasteiger partial charge in [-0.25, -0.2) is 4.79 Å². The summed E-state index contributed by atoms with van der Waals surface area (Å²) >= 11 is 0. The Morgan fingerprint density at radius 3 is 2.17 bits per heavy atom. The predicted molar refractivity (Wildman–Crippen MR) is 131 cm³/mol. The van der Waals surface area contributed by atoms with Gasteiger partial charge in [0.25, 0.3) is 0 Å². The largest absolute Gasteiger partial charge is 0.481 e. The average molecular weight is 477 g/mol. The summed E-state index contributed by atoms with van der Waals surface area (Å²) in [5.41, 5.74) is 4.44. The van der Waals surface area contributed by atoms with Gasteiger partial charge in [0.1, 0.15) is 12.6 Å². The fourth-order valence-electron chi connectivity index (χ4n) is 5.88. The molecule has 0 bridgehead atoms. The van der Waals surface area contributed by atoms with Crippen LogP contribution in [-0.2, 0) is 14.3 Å². The number of ether oxygens (including phenoxy) is 1. The molecule has 2 aliphatic carbocycles. The predicted octanol–water partition coefficient (Wildman–Crippen LogP) is 4.41. The fourth-order valence-corrected chi connectivity index (χ4v) is 5.88. The molecule has 1 saturated carbocycles. The molecule has 7 heteroatoms. The number of benzene rings is 2. The number of fused-ring (bicyclic) bond motifs is 3. The Balaban J connectivity index is 1.23. The third kappa shape index (κ3) is 4.90. The number of carbonyl (C=O) groups excluding carboxylic acids is 2. The number of carboxylic acids is 1. The number of carbonyl (C=O) groups is 3. The zero-order chi connectivity index (χ0) is 24.4. The van der Waals surface area contributed by atoms with E-state index in [4.69, 9.17) is 4.74 Å². The molecule has 1 saturated heterocycles. The number of alkyl carbamates (subject to hydrolysis) is 1. The van der Waals surface area contributed by atoms with Crippen LogP contribution in [0.1, 0.15) is 55.6 Å². The SMILES string of the molecule is O=C(O)CC(NC(=O)OCC1c2ccccc2-c2ccccc21)C(=O)N1CCCC(C2CCC2)C1. The van der Waals surface area contributed by atoms with Gasteiger partial charge >= 0.3 is 12.1 Å². The molecule has 0 radical (unpaired) electrons. The Labute approximate surface area is 205 Å². The van der Waals surface area contributed by atoms with Crippen molar-refractivity contribution in [1.82, 2.24) is 10.2 Å². The maximum atomic E-state index is 13.2. The average Bonchev–Trinajstić information content (AvgIpc) is 3.14. The van der Waals surface area contributed by atoms with Crippen molar-refractivity contribution in [1.29, 1.82) is 0 Å². The highest BCUT2D eigenvalue weighted by atomic mass is 16.5. The van der Waals surface area contributed by atoms with Crippen LogP contribution < -0.4 is 5.32 Å². The minimum absolute atomic E-state index is 0.105. The van der Waals surface area contributed by atoms with E-state index >= 15 is 0 Å². The molecule has 2 unspecified atom stereocenters. The number of aliphatic carboxylic acids is 1. The second-order valence-corrected chi connectivity index (χ2v) is 10.00. The lowest BCUT2D eigenvalue weighted by molar-refractivity contribution is -0.143. The molecule has 0 spiro atoms. The molecule has 35 heavy (non-hydrogen) atoms. The second-order valence-electron chi connectivity index (χ2n) is 10.00. The van der Waals surface area contributed by atoms with Gasteiger partial charge < -0.3 is 20.1 Å². The van der Waals surface area contributed by atoms with Gasteiger partial charge in [0.15, 0.2) is 0 Å². The van der Waals surface area contributed by atoms with Crippen molar-refractivity contribution in [3.63, 3.8) is 0 Å². The van der Waals surface area contributed by atoms with Gasteiger partial charge in [-0.1, -0.05) is 67.8 Å². The smallest absolute Gasteiger partial charge is 0.407 e. The number of nitrogens with one attached hydrogen (secondary N) is 1. The first kappa shape index (κ1) is 23.4. The van der Waals surface area contributed by atoms with Gasteiger partial charge in [0.2, 0.25) is 5.91 Å². The molecular formula is C28H32N2O5. The van der Waals surface area contributed by atoms with Gasteiger partial charge in [0.05, 0.1) is 6.42 Å². The van der Waals surface area contributed by atoms with Crippen LogP contribution in [0.25, 0.3) is 11.1 Å². The third-order valence-electron chi connectivity index (χ3n) is 7.90. The number of hydrogen-bond donors (Lipinski definition) is 2. The number of nitrogens with zero attached hydrogens (tertiary/aromatic N) is 1. The molecule has 184 valence electrons. The summed E-state index contributed by atoms with van der Waals surface area (Å²) in [5, 5.41) is 11.9. The number of hydrogen-bond acceptors (Lipinski definition) is 4. The quantitative estimate of drug-likeness (QED) is 0.617. The molecule has 3 aliphatic rings. The summed E-state index contributed by atoms with van der Waals surface area (Å²) in [6.45, 7) is 1.36. The molecule has 2 aromatic carbocycles. The topological polar surface area (TPSA) is 95.9 Å². The maximum Gasteiger partial charge on any atom is 0.407 e. The fraction of sp³-hybridized carbons (Fsp3) is 0.464. The molecule has 7 nitrogen and oxygen atoms in total. The van der Waals surface area contributed by atoms with Crippen molar-refractivity contribution in [3.8, 4) is 11.1 Å². The summed E-state index contributed by atoms with van der Waals surface area (Å²) in [6, 6.07) is 15.0. The molecule has 5 rings (SSSR count). The summed E-state index contributed by atoms with van der Waals surface area (Å²) < 4.78 is 5.56. The molecule has 1 aliphatic heterocycles. The second kappa shape index (κ2) is 10.1. The maximum absolute atomic E-state index is 13.2. The number of likely N-dealkylation sites (tertiary alicyclic amines) is 1. The van der Waals surface area contributed by atoms with E-state index < -0.39 is 24.5 Å². The van der Waals surface area contributed by atoms with Crippen LogP contribution in [0.5, 0.6) is 0 Å². The van der Waals surface area contributed by atoms with Gasteiger partial charge in [-0.2, -0.15) is 0 Å². The van der Waals surface area contributed by atoms with Crippen molar-refractivity contribution in [2.45, 2.75) is 50.5 Å². The minimum atomic E-state index is -1.14. The lowest BCUT2D eigenvalue weighted by atomic mass is 9.73. The molecule has 2 aromatic rings. The Morgan fingerprint density at radius 2 is 1.57 bits per heavy atom. The van der Waals surface area contributed by atoms with E-state index in [0.29, 0.717) is 24.9 Å². The Hall–Kier alpha value is -3.35. The summed E-state index contributed by atoms with van der Waals surface area (Å²) in [6.07, 6.45) is 4.47. The summed E-state index contributed by atoms with van der Waals surface area (Å²) in [4.78, 5) is 39.2. The molecule has 0 aromatic heterocycles. The summed E-state index contributed by atoms with van der Waals surface area (Å²) in [5.74, 6) is -0.424. The Kier molecular flexibility index (Phi) is 6.75. The standard InChI is InChI=1S/C28H32N2O5/c31-26(32)15-25(27(33)30-14-6-9-19(16-30)18-7-5-8-18)29-28(34)35-17-24-22-12-3-1-10-20(22)21-11-2-4-13-23(21)24/h1-4,10-13,18-19,24-25H,5-9,14-17H2,(H,29,34)(H,31,32). The van der Waals surface area contributed by atoms with Crippen LogP contribution in [-0.4, -0.2) is 53.7 Å². The van der Waals surface area contributed by atoms with Crippen LogP contribution in [0.2, 0.25) is 0 Å². The summed E-state index contributed by atoms with van der Waals surface area (Å²) in [7, 11) is 0. The van der Waals surface area contributed by atoms with Gasteiger partial charge in [-0.05, 0) is 46.9 Å². The Bertz CT molecular complexity index is 1070. The minimum Gasteiger partial charge on any atom is -0.481 e. The lowest BCUT2D eigenvalue weighted by Crippen LogP contribution is -2.53. The first-order valence-corrected chi connectivity index (χ1v) is 12.6. The molecular weight excluding hydrogens is 444 g/mol. The van der Waals surface area contributed by atoms with Crippen LogP contribution in [0.4, 0.5) is 4.79 Å². The number of carboxylic acid groups (broad SMARTS) is 1. The Morgan fingerprint density at radius 1 is 0.943 bits per heavy atom. The first-order chi connectivity index (χ1) is 17.0. The van der Waals surface area contributed by atoms with Crippen molar-refractivity contribution in [2.24, 2.45) is 11.8 Å². The van der Waals surface area contributed by atoms with Crippen molar-refractivity contribution in [3.05, 3.63) is 59.7 Å². The molecule has 2 amide bonds. The van der Waals surface area contributed by atoms with Crippen LogP contribution in [0.3, 0.4) is 0 Å². The highest BCUT2D eigenvalue weighted by molar-refractivity contribution is 5.89. The van der Waals surface area contributed by atoms with Gasteiger partial charge in [0, 0.05) is 19.0 Å². The highest BCUT2D eigenvalue weighted by Crippen LogP contribution is 2.44. The van der Waals surface area contributed by atoms with Crippen LogP contribution in [0.15, 0.2) is 48.5 Å². The normalized spacial score (nSPS) is 20.3. The highest BCUT2D eigenvalue weighted by Gasteiger charge is 2.36. The number of amides is 2. The monoisotopic (exact) mass is 476 g/mol. The van der Waals surface area contributed by atoms with Crippen LogP contribution in [0, 0.1) is 11.8 Å². The van der Waals surface area contributed by atoms with Gasteiger partial charge in [-0.15, -0.1) is 0 Å². The van der Waals surface area contributed by atoms with E-state index in [1.54, 1.807) is 4.90 Å². The van der Waals surface area contributed by atoms with E-state index in [0.717, 1.165) is 35.1 Å². The van der Waals surface area contributed by atoms with Crippen molar-refractivity contribution in [2.75, 3.05) is 19.7 Å². The molecule has 2 atom stereocenters. The van der Waals surface area contributed by atoms with E-state index in [-0.39, 0.29) is 18.4 Å². The lowest BCUT2D eigenvalue weighted by Gasteiger charge is -2.41. The van der Waals surface area contributed by atoms with E-state index in [1.165, 1.54) is 19.3 Å².